The lowest BCUT2D eigenvalue weighted by Gasteiger charge is -2.08. The van der Waals surface area contributed by atoms with Gasteiger partial charge in [-0.25, -0.2) is 4.98 Å². The van der Waals surface area contributed by atoms with Gasteiger partial charge in [-0.2, -0.15) is 5.26 Å². The van der Waals surface area contributed by atoms with Crippen molar-refractivity contribution in [2.24, 2.45) is 0 Å². The van der Waals surface area contributed by atoms with Gasteiger partial charge in [0.25, 0.3) is 0 Å². The standard InChI is InChI=1S/C16H9ClN2O/c17-14-3-1-2-4-16(14)20-13-7-8-15-11(9-13)5-6-12(10-18)19-15/h1-9H. The molecule has 96 valence electrons. The van der Waals surface area contributed by atoms with Crippen molar-refractivity contribution < 1.29 is 4.74 Å². The van der Waals surface area contributed by atoms with Crippen LogP contribution in [-0.4, -0.2) is 4.98 Å². The Labute approximate surface area is 121 Å². The molecule has 0 radical (unpaired) electrons. The van der Waals surface area contributed by atoms with Gasteiger partial charge in [0.15, 0.2) is 0 Å². The first-order valence-corrected chi connectivity index (χ1v) is 6.37. The number of nitrogens with zero attached hydrogens (tertiary/aromatic N) is 2. The number of pyridine rings is 1. The second-order valence-corrected chi connectivity index (χ2v) is 4.60. The minimum Gasteiger partial charge on any atom is -0.456 e. The fourth-order valence-electron chi connectivity index (χ4n) is 1.88. The number of rotatable bonds is 2. The molecule has 20 heavy (non-hydrogen) atoms. The highest BCUT2D eigenvalue weighted by molar-refractivity contribution is 6.32. The molecule has 0 spiro atoms. The van der Waals surface area contributed by atoms with E-state index in [2.05, 4.69) is 4.98 Å². The second kappa shape index (κ2) is 5.20. The summed E-state index contributed by atoms with van der Waals surface area (Å²) in [7, 11) is 0. The van der Waals surface area contributed by atoms with E-state index in [-0.39, 0.29) is 0 Å². The largest absolute Gasteiger partial charge is 0.456 e. The van der Waals surface area contributed by atoms with E-state index >= 15 is 0 Å². The Kier molecular flexibility index (Phi) is 3.24. The van der Waals surface area contributed by atoms with Crippen LogP contribution in [0.25, 0.3) is 10.9 Å². The molecule has 0 bridgehead atoms. The molecule has 3 nitrogen and oxygen atoms in total. The Morgan fingerprint density at radius 2 is 1.90 bits per heavy atom. The highest BCUT2D eigenvalue weighted by Gasteiger charge is 2.04. The van der Waals surface area contributed by atoms with Gasteiger partial charge >= 0.3 is 0 Å². The lowest BCUT2D eigenvalue weighted by Crippen LogP contribution is -1.87. The fourth-order valence-corrected chi connectivity index (χ4v) is 2.06. The van der Waals surface area contributed by atoms with Crippen molar-refractivity contribution in [3.05, 3.63) is 65.3 Å². The van der Waals surface area contributed by atoms with Crippen molar-refractivity contribution in [1.29, 1.82) is 5.26 Å². The first-order chi connectivity index (χ1) is 9.76. The maximum absolute atomic E-state index is 8.83. The molecule has 1 aromatic heterocycles. The van der Waals surface area contributed by atoms with Crippen molar-refractivity contribution in [2.45, 2.75) is 0 Å². The van der Waals surface area contributed by atoms with Gasteiger partial charge in [0, 0.05) is 5.39 Å². The van der Waals surface area contributed by atoms with E-state index in [1.807, 2.05) is 42.5 Å². The smallest absolute Gasteiger partial charge is 0.146 e. The Hall–Kier alpha value is -2.57. The summed E-state index contributed by atoms with van der Waals surface area (Å²) in [6.07, 6.45) is 0. The van der Waals surface area contributed by atoms with Gasteiger partial charge in [0.05, 0.1) is 10.5 Å². The molecule has 0 aliphatic rings. The Bertz CT molecular complexity index is 824. The molecule has 0 saturated carbocycles. The minimum atomic E-state index is 0.400. The first kappa shape index (κ1) is 12.5. The summed E-state index contributed by atoms with van der Waals surface area (Å²) in [6, 6.07) is 18.3. The summed E-state index contributed by atoms with van der Waals surface area (Å²) in [5.74, 6) is 1.28. The van der Waals surface area contributed by atoms with Crippen molar-refractivity contribution in [2.75, 3.05) is 0 Å². The summed E-state index contributed by atoms with van der Waals surface area (Å²) in [6.45, 7) is 0. The van der Waals surface area contributed by atoms with Gasteiger partial charge in [-0.05, 0) is 42.5 Å². The summed E-state index contributed by atoms with van der Waals surface area (Å²) in [5.41, 5.74) is 1.16. The van der Waals surface area contributed by atoms with Gasteiger partial charge in [0.1, 0.15) is 23.3 Å². The molecule has 0 aliphatic heterocycles. The zero-order valence-electron chi connectivity index (χ0n) is 10.4. The van der Waals surface area contributed by atoms with Crippen molar-refractivity contribution >= 4 is 22.5 Å². The molecular formula is C16H9ClN2O. The van der Waals surface area contributed by atoms with Crippen LogP contribution < -0.4 is 4.74 Å². The number of aromatic nitrogens is 1. The van der Waals surface area contributed by atoms with Crippen LogP contribution in [0, 0.1) is 11.3 Å². The molecule has 0 atom stereocenters. The monoisotopic (exact) mass is 280 g/mol. The number of hydrogen-bond acceptors (Lipinski definition) is 3. The van der Waals surface area contributed by atoms with Crippen molar-refractivity contribution in [1.82, 2.24) is 4.98 Å². The number of benzene rings is 2. The summed E-state index contributed by atoms with van der Waals surface area (Å²) < 4.78 is 5.75. The molecule has 2 aromatic carbocycles. The van der Waals surface area contributed by atoms with Gasteiger partial charge in [0.2, 0.25) is 0 Å². The second-order valence-electron chi connectivity index (χ2n) is 4.20. The third kappa shape index (κ3) is 2.42. The zero-order chi connectivity index (χ0) is 13.9. The fraction of sp³-hybridized carbons (Fsp3) is 0. The number of fused-ring (bicyclic) bond motifs is 1. The average Bonchev–Trinajstić information content (AvgIpc) is 2.49. The van der Waals surface area contributed by atoms with Crippen LogP contribution in [0.15, 0.2) is 54.6 Å². The van der Waals surface area contributed by atoms with E-state index in [1.165, 1.54) is 0 Å². The number of hydrogen-bond donors (Lipinski definition) is 0. The quantitative estimate of drug-likeness (QED) is 0.691. The lowest BCUT2D eigenvalue weighted by molar-refractivity contribution is 0.483. The van der Waals surface area contributed by atoms with Crippen molar-refractivity contribution in [3.8, 4) is 17.6 Å². The number of halogens is 1. The van der Waals surface area contributed by atoms with E-state index in [0.29, 0.717) is 22.2 Å². The van der Waals surface area contributed by atoms with Crippen molar-refractivity contribution in [3.63, 3.8) is 0 Å². The number of nitriles is 1. The molecule has 0 aliphatic carbocycles. The maximum Gasteiger partial charge on any atom is 0.146 e. The molecule has 3 rings (SSSR count). The third-order valence-corrected chi connectivity index (χ3v) is 3.15. The molecule has 4 heteroatoms. The highest BCUT2D eigenvalue weighted by Crippen LogP contribution is 2.30. The van der Waals surface area contributed by atoms with E-state index in [0.717, 1.165) is 10.9 Å². The van der Waals surface area contributed by atoms with E-state index in [9.17, 15) is 0 Å². The van der Waals surface area contributed by atoms with Gasteiger partial charge < -0.3 is 4.74 Å². The summed E-state index contributed by atoms with van der Waals surface area (Å²) in [4.78, 5) is 4.22. The molecule has 1 heterocycles. The van der Waals surface area contributed by atoms with Crippen LogP contribution in [0.4, 0.5) is 0 Å². The molecule has 0 N–H and O–H groups in total. The van der Waals surface area contributed by atoms with E-state index in [1.54, 1.807) is 18.2 Å². The van der Waals surface area contributed by atoms with Gasteiger partial charge in [-0.1, -0.05) is 23.7 Å². The van der Waals surface area contributed by atoms with Crippen LogP contribution in [0.5, 0.6) is 11.5 Å². The number of ether oxygens (including phenoxy) is 1. The summed E-state index contributed by atoms with van der Waals surface area (Å²) >= 11 is 6.06. The Morgan fingerprint density at radius 1 is 1.05 bits per heavy atom. The summed E-state index contributed by atoms with van der Waals surface area (Å²) in [5, 5.41) is 10.3. The number of para-hydroxylation sites is 1. The molecule has 0 amide bonds. The predicted molar refractivity (Wildman–Crippen MR) is 78.0 cm³/mol. The lowest BCUT2D eigenvalue weighted by atomic mass is 10.2. The molecule has 0 unspecified atom stereocenters. The first-order valence-electron chi connectivity index (χ1n) is 5.99. The van der Waals surface area contributed by atoms with Crippen LogP contribution >= 0.6 is 11.6 Å². The maximum atomic E-state index is 8.83. The highest BCUT2D eigenvalue weighted by atomic mass is 35.5. The van der Waals surface area contributed by atoms with Gasteiger partial charge in [-0.3, -0.25) is 0 Å². The average molecular weight is 281 g/mol. The van der Waals surface area contributed by atoms with Gasteiger partial charge in [-0.15, -0.1) is 0 Å². The van der Waals surface area contributed by atoms with Crippen LogP contribution in [0.1, 0.15) is 5.69 Å². The minimum absolute atomic E-state index is 0.400. The Balaban J connectivity index is 1.98. The zero-order valence-corrected chi connectivity index (χ0v) is 11.1. The Morgan fingerprint density at radius 3 is 2.70 bits per heavy atom. The SMILES string of the molecule is N#Cc1ccc2cc(Oc3ccccc3Cl)ccc2n1. The molecular weight excluding hydrogens is 272 g/mol. The van der Waals surface area contributed by atoms with Crippen LogP contribution in [-0.2, 0) is 0 Å². The topological polar surface area (TPSA) is 45.9 Å². The molecule has 0 fully saturated rings. The van der Waals surface area contributed by atoms with E-state index in [4.69, 9.17) is 21.6 Å². The normalized spacial score (nSPS) is 10.2. The third-order valence-electron chi connectivity index (χ3n) is 2.84. The van der Waals surface area contributed by atoms with Crippen LogP contribution in [0.3, 0.4) is 0 Å². The molecule has 3 aromatic rings. The predicted octanol–water partition coefficient (Wildman–Crippen LogP) is 4.55. The molecule has 0 saturated heterocycles. The van der Waals surface area contributed by atoms with E-state index < -0.39 is 0 Å². The van der Waals surface area contributed by atoms with Crippen LogP contribution in [0.2, 0.25) is 5.02 Å².